The maximum Gasteiger partial charge on any atom is 0.325 e. The zero-order chi connectivity index (χ0) is 15.6. The number of aromatic nitrogens is 2. The highest BCUT2D eigenvalue weighted by molar-refractivity contribution is 5.75. The summed E-state index contributed by atoms with van der Waals surface area (Å²) in [5.41, 5.74) is 4.07. The van der Waals surface area contributed by atoms with Crippen LogP contribution >= 0.6 is 0 Å². The van der Waals surface area contributed by atoms with Gasteiger partial charge in [-0.15, -0.1) is 0 Å². The Kier molecular flexibility index (Phi) is 4.43. The van der Waals surface area contributed by atoms with E-state index >= 15 is 0 Å². The van der Waals surface area contributed by atoms with Gasteiger partial charge in [-0.25, -0.2) is 0 Å². The molecule has 5 heteroatoms. The van der Waals surface area contributed by atoms with E-state index < -0.39 is 12.0 Å². The lowest BCUT2D eigenvalue weighted by Gasteiger charge is -2.25. The lowest BCUT2D eigenvalue weighted by molar-refractivity contribution is -0.143. The van der Waals surface area contributed by atoms with Gasteiger partial charge in [-0.3, -0.25) is 14.4 Å². The molecule has 1 aromatic carbocycles. The zero-order valence-electron chi connectivity index (χ0n) is 12.9. The van der Waals surface area contributed by atoms with Gasteiger partial charge in [0.15, 0.2) is 0 Å². The number of hydrogen-bond donors (Lipinski definition) is 1. The van der Waals surface area contributed by atoms with E-state index in [9.17, 15) is 9.90 Å². The second-order valence-electron chi connectivity index (χ2n) is 5.52. The fourth-order valence-electron chi connectivity index (χ4n) is 2.45. The van der Waals surface area contributed by atoms with Crippen molar-refractivity contribution in [3.8, 4) is 0 Å². The number of carboxylic acids is 1. The molecule has 0 fully saturated rings. The molecule has 0 radical (unpaired) electrons. The molecule has 112 valence electrons. The second kappa shape index (κ2) is 6.10. The quantitative estimate of drug-likeness (QED) is 0.916. The standard InChI is InChI=1S/C16H21N3O2/c1-11-5-6-14(7-12(11)2)15(16(20)21)18(3)9-13-8-17-19(4)10-13/h5-8,10,15H,9H2,1-4H3,(H,20,21)/t15-/m0/s1. The van der Waals surface area contributed by atoms with E-state index in [0.29, 0.717) is 6.54 Å². The molecule has 0 aliphatic carbocycles. The highest BCUT2D eigenvalue weighted by Gasteiger charge is 2.25. The first kappa shape index (κ1) is 15.3. The summed E-state index contributed by atoms with van der Waals surface area (Å²) in [6.45, 7) is 4.56. The molecule has 0 aliphatic heterocycles. The number of carboxylic acid groups (broad SMARTS) is 1. The molecule has 1 aromatic heterocycles. The van der Waals surface area contributed by atoms with Crippen molar-refractivity contribution in [2.75, 3.05) is 7.05 Å². The van der Waals surface area contributed by atoms with E-state index in [0.717, 1.165) is 22.3 Å². The second-order valence-corrected chi connectivity index (χ2v) is 5.52. The molecule has 21 heavy (non-hydrogen) atoms. The van der Waals surface area contributed by atoms with Gasteiger partial charge >= 0.3 is 5.97 Å². The van der Waals surface area contributed by atoms with Gasteiger partial charge < -0.3 is 5.11 Å². The molecular formula is C16H21N3O2. The molecule has 0 spiro atoms. The van der Waals surface area contributed by atoms with Crippen molar-refractivity contribution in [2.24, 2.45) is 7.05 Å². The number of nitrogens with zero attached hydrogens (tertiary/aromatic N) is 3. The van der Waals surface area contributed by atoms with E-state index in [-0.39, 0.29) is 0 Å². The summed E-state index contributed by atoms with van der Waals surface area (Å²) in [5, 5.41) is 13.7. The Bertz CT molecular complexity index is 649. The van der Waals surface area contributed by atoms with Crippen LogP contribution in [0.5, 0.6) is 0 Å². The van der Waals surface area contributed by atoms with E-state index in [1.54, 1.807) is 10.9 Å². The van der Waals surface area contributed by atoms with Gasteiger partial charge in [-0.2, -0.15) is 5.10 Å². The fourth-order valence-corrected chi connectivity index (χ4v) is 2.45. The van der Waals surface area contributed by atoms with Crippen molar-refractivity contribution in [1.29, 1.82) is 0 Å². The minimum Gasteiger partial charge on any atom is -0.480 e. The predicted molar refractivity (Wildman–Crippen MR) is 81.0 cm³/mol. The molecule has 2 rings (SSSR count). The van der Waals surface area contributed by atoms with E-state index in [1.807, 2.05) is 57.2 Å². The number of likely N-dealkylation sites (N-methyl/N-ethyl adjacent to an activating group) is 1. The largest absolute Gasteiger partial charge is 0.480 e. The summed E-state index contributed by atoms with van der Waals surface area (Å²) in [6, 6.07) is 5.15. The zero-order valence-corrected chi connectivity index (χ0v) is 12.9. The molecule has 1 atom stereocenters. The fraction of sp³-hybridized carbons (Fsp3) is 0.375. The predicted octanol–water partition coefficient (Wildman–Crippen LogP) is 2.29. The highest BCUT2D eigenvalue weighted by Crippen LogP contribution is 2.23. The Labute approximate surface area is 124 Å². The smallest absolute Gasteiger partial charge is 0.325 e. The van der Waals surface area contributed by atoms with Gasteiger partial charge in [-0.05, 0) is 37.6 Å². The molecule has 0 amide bonds. The maximum absolute atomic E-state index is 11.7. The number of aliphatic carboxylic acids is 1. The number of benzene rings is 1. The van der Waals surface area contributed by atoms with Gasteiger partial charge in [0.2, 0.25) is 0 Å². The Hall–Kier alpha value is -2.14. The van der Waals surface area contributed by atoms with Crippen LogP contribution in [0.1, 0.15) is 28.3 Å². The lowest BCUT2D eigenvalue weighted by atomic mass is 10.00. The van der Waals surface area contributed by atoms with Crippen molar-refractivity contribution in [2.45, 2.75) is 26.4 Å². The first-order valence-electron chi connectivity index (χ1n) is 6.86. The summed E-state index contributed by atoms with van der Waals surface area (Å²) in [6.07, 6.45) is 3.66. The molecule has 0 saturated carbocycles. The first-order valence-corrected chi connectivity index (χ1v) is 6.86. The third-order valence-electron chi connectivity index (χ3n) is 3.71. The lowest BCUT2D eigenvalue weighted by Crippen LogP contribution is -2.30. The van der Waals surface area contributed by atoms with Crippen LogP contribution in [0.4, 0.5) is 0 Å². The highest BCUT2D eigenvalue weighted by atomic mass is 16.4. The number of aryl methyl sites for hydroxylation is 3. The Morgan fingerprint density at radius 1 is 1.38 bits per heavy atom. The Morgan fingerprint density at radius 2 is 2.10 bits per heavy atom. The topological polar surface area (TPSA) is 58.4 Å². The van der Waals surface area contributed by atoms with Crippen LogP contribution in [0, 0.1) is 13.8 Å². The maximum atomic E-state index is 11.7. The Morgan fingerprint density at radius 3 is 2.62 bits per heavy atom. The van der Waals surface area contributed by atoms with Crippen molar-refractivity contribution >= 4 is 5.97 Å². The van der Waals surface area contributed by atoms with Crippen LogP contribution in [0.3, 0.4) is 0 Å². The molecule has 0 unspecified atom stereocenters. The number of rotatable bonds is 5. The van der Waals surface area contributed by atoms with E-state index in [4.69, 9.17) is 0 Å². The molecule has 0 aliphatic rings. The molecule has 1 N–H and O–H groups in total. The SMILES string of the molecule is Cc1ccc([C@@H](C(=O)O)N(C)Cc2cnn(C)c2)cc1C. The third-order valence-corrected chi connectivity index (χ3v) is 3.71. The van der Waals surface area contributed by atoms with E-state index in [1.165, 1.54) is 0 Å². The number of carbonyl (C=O) groups is 1. The van der Waals surface area contributed by atoms with Gasteiger partial charge in [0.25, 0.3) is 0 Å². The van der Waals surface area contributed by atoms with Gasteiger partial charge in [0.05, 0.1) is 6.20 Å². The van der Waals surface area contributed by atoms with Crippen molar-refractivity contribution < 1.29 is 9.90 Å². The van der Waals surface area contributed by atoms with E-state index in [2.05, 4.69) is 5.10 Å². The molecule has 2 aromatic rings. The molecule has 5 nitrogen and oxygen atoms in total. The van der Waals surface area contributed by atoms with Gasteiger partial charge in [0, 0.05) is 25.4 Å². The monoisotopic (exact) mass is 287 g/mol. The minimum atomic E-state index is -0.843. The third kappa shape index (κ3) is 3.49. The van der Waals surface area contributed by atoms with Crippen LogP contribution in [0.25, 0.3) is 0 Å². The average Bonchev–Trinajstić information content (AvgIpc) is 2.79. The Balaban J connectivity index is 2.25. The van der Waals surface area contributed by atoms with Crippen LogP contribution < -0.4 is 0 Å². The summed E-state index contributed by atoms with van der Waals surface area (Å²) >= 11 is 0. The minimum absolute atomic E-state index is 0.539. The van der Waals surface area contributed by atoms with Gasteiger partial charge in [-0.1, -0.05) is 18.2 Å². The van der Waals surface area contributed by atoms with Crippen molar-refractivity contribution in [1.82, 2.24) is 14.7 Å². The van der Waals surface area contributed by atoms with Crippen LogP contribution in [-0.2, 0) is 18.4 Å². The summed E-state index contributed by atoms with van der Waals surface area (Å²) in [7, 11) is 3.67. The average molecular weight is 287 g/mol. The normalized spacial score (nSPS) is 12.6. The number of hydrogen-bond acceptors (Lipinski definition) is 3. The first-order chi connectivity index (χ1) is 9.88. The molecule has 0 saturated heterocycles. The summed E-state index contributed by atoms with van der Waals surface area (Å²) < 4.78 is 1.72. The van der Waals surface area contributed by atoms with Gasteiger partial charge in [0.1, 0.15) is 6.04 Å². The molecule has 1 heterocycles. The molecule has 0 bridgehead atoms. The molecular weight excluding hydrogens is 266 g/mol. The van der Waals surface area contributed by atoms with Crippen LogP contribution in [-0.4, -0.2) is 32.8 Å². The summed E-state index contributed by atoms with van der Waals surface area (Å²) in [4.78, 5) is 13.5. The van der Waals surface area contributed by atoms with Crippen LogP contribution in [0.15, 0.2) is 30.6 Å². The van der Waals surface area contributed by atoms with Crippen molar-refractivity contribution in [3.63, 3.8) is 0 Å². The summed E-state index contributed by atoms with van der Waals surface area (Å²) in [5.74, 6) is -0.843. The van der Waals surface area contributed by atoms with Crippen LogP contribution in [0.2, 0.25) is 0 Å². The van der Waals surface area contributed by atoms with Crippen molar-refractivity contribution in [3.05, 3.63) is 52.8 Å².